The van der Waals surface area contributed by atoms with Gasteiger partial charge in [0.05, 0.1) is 6.61 Å². The molecule has 3 nitrogen and oxygen atoms in total. The van der Waals surface area contributed by atoms with Crippen molar-refractivity contribution in [2.45, 2.75) is 45.1 Å². The maximum Gasteiger partial charge on any atom is 0.0840 e. The summed E-state index contributed by atoms with van der Waals surface area (Å²) in [4.78, 5) is 0. The van der Waals surface area contributed by atoms with Crippen LogP contribution in [0.4, 0.5) is 0 Å². The quantitative estimate of drug-likeness (QED) is 0.639. The van der Waals surface area contributed by atoms with Crippen molar-refractivity contribution in [3.05, 3.63) is 11.9 Å². The highest BCUT2D eigenvalue weighted by Gasteiger charge is 2.18. The molecule has 0 heterocycles. The molecule has 14 heavy (non-hydrogen) atoms. The zero-order chi connectivity index (χ0) is 10.4. The third-order valence-corrected chi connectivity index (χ3v) is 3.11. The minimum absolute atomic E-state index is 0.0582. The maximum atomic E-state index is 8.71. The van der Waals surface area contributed by atoms with Gasteiger partial charge in [0.2, 0.25) is 0 Å². The summed E-state index contributed by atoms with van der Waals surface area (Å²) < 4.78 is 0. The molecule has 0 radical (unpaired) electrons. The van der Waals surface area contributed by atoms with Gasteiger partial charge in [-0.05, 0) is 31.6 Å². The van der Waals surface area contributed by atoms with E-state index < -0.39 is 0 Å². The molecule has 0 saturated heterocycles. The molecular formula is C11H22N2O. The van der Waals surface area contributed by atoms with Gasteiger partial charge in [-0.3, -0.25) is 0 Å². The fourth-order valence-electron chi connectivity index (χ4n) is 2.01. The zero-order valence-corrected chi connectivity index (χ0v) is 9.00. The monoisotopic (exact) mass is 198 g/mol. The lowest BCUT2D eigenvalue weighted by Gasteiger charge is -2.28. The van der Waals surface area contributed by atoms with E-state index in [0.29, 0.717) is 11.7 Å². The van der Waals surface area contributed by atoms with Gasteiger partial charge in [-0.1, -0.05) is 13.3 Å². The first-order valence-electron chi connectivity index (χ1n) is 5.57. The molecule has 4 N–H and O–H groups in total. The summed E-state index contributed by atoms with van der Waals surface area (Å²) in [5.41, 5.74) is 6.01. The third kappa shape index (κ3) is 3.58. The van der Waals surface area contributed by atoms with Gasteiger partial charge in [0.25, 0.3) is 0 Å². The Bertz CT molecular complexity index is 184. The Labute approximate surface area is 86.4 Å². The van der Waals surface area contributed by atoms with Gasteiger partial charge in [-0.2, -0.15) is 0 Å². The summed E-state index contributed by atoms with van der Waals surface area (Å²) >= 11 is 0. The second-order valence-electron chi connectivity index (χ2n) is 4.17. The summed E-state index contributed by atoms with van der Waals surface area (Å²) in [6.45, 7) is 2.21. The fourth-order valence-corrected chi connectivity index (χ4v) is 2.01. The molecule has 0 aromatic carbocycles. The largest absolute Gasteiger partial charge is 0.399 e. The molecule has 0 amide bonds. The number of nitrogens with two attached hydrogens (primary N) is 1. The molecule has 82 valence electrons. The molecule has 0 spiro atoms. The van der Waals surface area contributed by atoms with E-state index in [1.54, 1.807) is 6.20 Å². The number of aliphatic hydroxyl groups is 1. The molecule has 0 aromatic heterocycles. The minimum atomic E-state index is -0.0582. The van der Waals surface area contributed by atoms with Crippen molar-refractivity contribution in [3.8, 4) is 0 Å². The first-order valence-corrected chi connectivity index (χ1v) is 5.57. The van der Waals surface area contributed by atoms with Gasteiger partial charge in [-0.25, -0.2) is 0 Å². The summed E-state index contributed by atoms with van der Waals surface area (Å²) in [5.74, 6) is 0.923. The highest BCUT2D eigenvalue weighted by Crippen LogP contribution is 2.26. The average molecular weight is 198 g/mol. The smallest absolute Gasteiger partial charge is 0.0840 e. The Kier molecular flexibility index (Phi) is 4.80. The van der Waals surface area contributed by atoms with Crippen LogP contribution in [0.15, 0.2) is 11.9 Å². The SMILES string of the molecule is CCC1CCC(N/C=C(\N)CO)CC1. The molecule has 0 atom stereocenters. The van der Waals surface area contributed by atoms with Crippen LogP contribution >= 0.6 is 0 Å². The predicted molar refractivity (Wildman–Crippen MR) is 58.5 cm³/mol. The minimum Gasteiger partial charge on any atom is -0.399 e. The average Bonchev–Trinajstić information content (AvgIpc) is 2.26. The predicted octanol–water partition coefficient (Wildman–Crippen LogP) is 1.34. The molecule has 1 aliphatic rings. The van der Waals surface area contributed by atoms with Crippen molar-refractivity contribution in [2.75, 3.05) is 6.61 Å². The van der Waals surface area contributed by atoms with Crippen LogP contribution in [0.1, 0.15) is 39.0 Å². The normalized spacial score (nSPS) is 28.9. The molecule has 1 aliphatic carbocycles. The van der Waals surface area contributed by atoms with Crippen LogP contribution in [-0.4, -0.2) is 17.8 Å². The molecule has 1 fully saturated rings. The van der Waals surface area contributed by atoms with Gasteiger partial charge in [0.1, 0.15) is 0 Å². The Morgan fingerprint density at radius 2 is 2.07 bits per heavy atom. The van der Waals surface area contributed by atoms with E-state index in [0.717, 1.165) is 5.92 Å². The van der Waals surface area contributed by atoms with Gasteiger partial charge in [0.15, 0.2) is 0 Å². The van der Waals surface area contributed by atoms with Crippen molar-refractivity contribution in [3.63, 3.8) is 0 Å². The van der Waals surface area contributed by atoms with Gasteiger partial charge < -0.3 is 16.2 Å². The van der Waals surface area contributed by atoms with Crippen molar-refractivity contribution in [1.82, 2.24) is 5.32 Å². The standard InChI is InChI=1S/C11H22N2O/c1-2-9-3-5-11(6-4-9)13-7-10(12)8-14/h7,9,11,13-14H,2-6,8,12H2,1H3/b10-7-. The lowest BCUT2D eigenvalue weighted by atomic mass is 9.85. The molecule has 0 unspecified atom stereocenters. The van der Waals surface area contributed by atoms with E-state index in [1.165, 1.54) is 32.1 Å². The fraction of sp³-hybridized carbons (Fsp3) is 0.818. The molecule has 1 saturated carbocycles. The Morgan fingerprint density at radius 1 is 1.43 bits per heavy atom. The number of rotatable bonds is 4. The second kappa shape index (κ2) is 5.91. The third-order valence-electron chi connectivity index (χ3n) is 3.11. The van der Waals surface area contributed by atoms with Crippen molar-refractivity contribution < 1.29 is 5.11 Å². The van der Waals surface area contributed by atoms with Gasteiger partial charge in [-0.15, -0.1) is 0 Å². The molecule has 0 aliphatic heterocycles. The lowest BCUT2D eigenvalue weighted by molar-refractivity contribution is 0.298. The van der Waals surface area contributed by atoms with E-state index in [1.807, 2.05) is 0 Å². The highest BCUT2D eigenvalue weighted by molar-refractivity contribution is 4.96. The number of aliphatic hydroxyl groups excluding tert-OH is 1. The molecule has 0 bridgehead atoms. The summed E-state index contributed by atoms with van der Waals surface area (Å²) in [7, 11) is 0. The summed E-state index contributed by atoms with van der Waals surface area (Å²) in [6.07, 6.45) is 8.15. The van der Waals surface area contributed by atoms with Crippen LogP contribution in [-0.2, 0) is 0 Å². The van der Waals surface area contributed by atoms with Crippen LogP contribution in [0.2, 0.25) is 0 Å². The van der Waals surface area contributed by atoms with Crippen LogP contribution in [0, 0.1) is 5.92 Å². The first-order chi connectivity index (χ1) is 6.76. The highest BCUT2D eigenvalue weighted by atomic mass is 16.3. The summed E-state index contributed by atoms with van der Waals surface area (Å²) in [5, 5.41) is 12.0. The van der Waals surface area contributed by atoms with Crippen molar-refractivity contribution >= 4 is 0 Å². The van der Waals surface area contributed by atoms with Crippen LogP contribution < -0.4 is 11.1 Å². The number of nitrogens with one attached hydrogen (secondary N) is 1. The Balaban J connectivity index is 2.22. The first kappa shape index (κ1) is 11.4. The lowest BCUT2D eigenvalue weighted by Crippen LogP contribution is -2.30. The zero-order valence-electron chi connectivity index (χ0n) is 9.00. The molecule has 3 heteroatoms. The van der Waals surface area contributed by atoms with Crippen molar-refractivity contribution in [1.29, 1.82) is 0 Å². The van der Waals surface area contributed by atoms with Gasteiger partial charge >= 0.3 is 0 Å². The van der Waals surface area contributed by atoms with Crippen LogP contribution in [0.25, 0.3) is 0 Å². The summed E-state index contributed by atoms with van der Waals surface area (Å²) in [6, 6.07) is 0.558. The van der Waals surface area contributed by atoms with E-state index in [9.17, 15) is 0 Å². The number of hydrogen-bond donors (Lipinski definition) is 3. The van der Waals surface area contributed by atoms with Crippen LogP contribution in [0.3, 0.4) is 0 Å². The van der Waals surface area contributed by atoms with Crippen LogP contribution in [0.5, 0.6) is 0 Å². The van der Waals surface area contributed by atoms with E-state index in [2.05, 4.69) is 12.2 Å². The maximum absolute atomic E-state index is 8.71. The van der Waals surface area contributed by atoms with E-state index in [4.69, 9.17) is 10.8 Å². The van der Waals surface area contributed by atoms with E-state index in [-0.39, 0.29) is 6.61 Å². The number of hydrogen-bond acceptors (Lipinski definition) is 3. The molecule has 1 rings (SSSR count). The topological polar surface area (TPSA) is 58.3 Å². The van der Waals surface area contributed by atoms with E-state index >= 15 is 0 Å². The molecular weight excluding hydrogens is 176 g/mol. The second-order valence-corrected chi connectivity index (χ2v) is 4.17. The Morgan fingerprint density at radius 3 is 2.57 bits per heavy atom. The Hall–Kier alpha value is -0.700. The van der Waals surface area contributed by atoms with Gasteiger partial charge in [0, 0.05) is 17.9 Å². The van der Waals surface area contributed by atoms with Crippen molar-refractivity contribution in [2.24, 2.45) is 11.7 Å². The molecule has 0 aromatic rings.